The SMILES string of the molecule is CCN([C@H](C)c1cc(-c2cc3ncnn3c(SC)n2)c(OC)cn1)[S@@](=O)C(C)(C)C. The standard InChI is InChI=1S/C20H28N6O2S2/c1-8-25(30(27)20(3,4)5)13(2)15-9-14(17(28-6)11-21-15)16-10-18-22-12-23-26(18)19(24-16)29-7/h9-13H,8H2,1-7H3/t13-,30+/m1/s1. The molecule has 0 saturated carbocycles. The van der Waals surface area contributed by atoms with Crippen molar-refractivity contribution in [2.24, 2.45) is 0 Å². The van der Waals surface area contributed by atoms with E-state index in [1.165, 1.54) is 18.1 Å². The average molecular weight is 449 g/mol. The summed E-state index contributed by atoms with van der Waals surface area (Å²) >= 11 is 1.50. The molecule has 0 aliphatic carbocycles. The topological polar surface area (TPSA) is 85.5 Å². The van der Waals surface area contributed by atoms with Crippen LogP contribution in [0.1, 0.15) is 46.4 Å². The molecule has 0 unspecified atom stereocenters. The van der Waals surface area contributed by atoms with Gasteiger partial charge in [0.25, 0.3) is 0 Å². The van der Waals surface area contributed by atoms with Crippen LogP contribution in [0.25, 0.3) is 16.9 Å². The molecule has 0 saturated heterocycles. The number of hydrogen-bond acceptors (Lipinski definition) is 7. The Hall–Kier alpha value is -2.04. The third-order valence-electron chi connectivity index (χ3n) is 4.71. The van der Waals surface area contributed by atoms with Crippen LogP contribution < -0.4 is 4.74 Å². The number of aromatic nitrogens is 5. The molecule has 0 N–H and O–H groups in total. The van der Waals surface area contributed by atoms with Crippen LogP contribution in [-0.2, 0) is 11.0 Å². The number of nitrogens with zero attached hydrogens (tertiary/aromatic N) is 6. The first kappa shape index (κ1) is 22.6. The quantitative estimate of drug-likeness (QED) is 0.402. The van der Waals surface area contributed by atoms with Crippen LogP contribution in [-0.4, -0.2) is 57.7 Å². The van der Waals surface area contributed by atoms with E-state index < -0.39 is 11.0 Å². The summed E-state index contributed by atoms with van der Waals surface area (Å²) in [4.78, 5) is 13.7. The summed E-state index contributed by atoms with van der Waals surface area (Å²) in [5.41, 5.74) is 3.06. The Balaban J connectivity index is 2.09. The third-order valence-corrected chi connectivity index (χ3v) is 7.39. The van der Waals surface area contributed by atoms with Gasteiger partial charge in [-0.25, -0.2) is 18.5 Å². The second-order valence-corrected chi connectivity index (χ2v) is 10.7. The van der Waals surface area contributed by atoms with Crippen LogP contribution in [0.4, 0.5) is 0 Å². The Morgan fingerprint density at radius 3 is 2.63 bits per heavy atom. The molecular weight excluding hydrogens is 420 g/mol. The van der Waals surface area contributed by atoms with Crippen LogP contribution in [0.5, 0.6) is 5.75 Å². The first-order chi connectivity index (χ1) is 14.2. The Morgan fingerprint density at radius 1 is 1.30 bits per heavy atom. The molecule has 0 aliphatic rings. The number of methoxy groups -OCH3 is 1. The van der Waals surface area contributed by atoms with Gasteiger partial charge in [0.2, 0.25) is 0 Å². The lowest BCUT2D eigenvalue weighted by Gasteiger charge is -2.32. The molecule has 30 heavy (non-hydrogen) atoms. The van der Waals surface area contributed by atoms with Gasteiger partial charge in [-0.15, -0.1) is 0 Å². The van der Waals surface area contributed by atoms with E-state index in [-0.39, 0.29) is 10.8 Å². The molecule has 3 aromatic rings. The van der Waals surface area contributed by atoms with Crippen molar-refractivity contribution >= 4 is 28.4 Å². The van der Waals surface area contributed by atoms with E-state index in [0.717, 1.165) is 22.1 Å². The van der Waals surface area contributed by atoms with E-state index in [1.807, 2.05) is 57.3 Å². The molecule has 0 aromatic carbocycles. The fourth-order valence-electron chi connectivity index (χ4n) is 3.16. The van der Waals surface area contributed by atoms with Crippen molar-refractivity contribution in [2.45, 2.75) is 50.6 Å². The van der Waals surface area contributed by atoms with Gasteiger partial charge < -0.3 is 4.74 Å². The molecule has 162 valence electrons. The smallest absolute Gasteiger partial charge is 0.191 e. The molecule has 0 amide bonds. The predicted molar refractivity (Wildman–Crippen MR) is 121 cm³/mol. The van der Waals surface area contributed by atoms with Gasteiger partial charge >= 0.3 is 0 Å². The van der Waals surface area contributed by atoms with Crippen molar-refractivity contribution in [3.8, 4) is 17.0 Å². The van der Waals surface area contributed by atoms with E-state index in [9.17, 15) is 4.21 Å². The van der Waals surface area contributed by atoms with Crippen LogP contribution >= 0.6 is 11.8 Å². The molecule has 3 aromatic heterocycles. The molecule has 8 nitrogen and oxygen atoms in total. The average Bonchev–Trinajstić information content (AvgIpc) is 3.21. The number of pyridine rings is 1. The van der Waals surface area contributed by atoms with Gasteiger partial charge in [0.1, 0.15) is 23.1 Å². The Bertz CT molecular complexity index is 1060. The van der Waals surface area contributed by atoms with E-state index in [1.54, 1.807) is 17.8 Å². The fourth-order valence-corrected chi connectivity index (χ4v) is 4.99. The molecule has 3 heterocycles. The predicted octanol–water partition coefficient (Wildman–Crippen LogP) is 3.76. The maximum absolute atomic E-state index is 13.0. The van der Waals surface area contributed by atoms with Gasteiger partial charge in [-0.05, 0) is 40.0 Å². The highest BCUT2D eigenvalue weighted by Gasteiger charge is 2.30. The number of fused-ring (bicyclic) bond motifs is 1. The summed E-state index contributed by atoms with van der Waals surface area (Å²) in [6.45, 7) is 10.6. The lowest BCUT2D eigenvalue weighted by Crippen LogP contribution is -2.39. The summed E-state index contributed by atoms with van der Waals surface area (Å²) in [6, 6.07) is 3.70. The van der Waals surface area contributed by atoms with Crippen LogP contribution in [0.15, 0.2) is 29.8 Å². The fraction of sp³-hybridized carbons (Fsp3) is 0.500. The molecular formula is C20H28N6O2S2. The lowest BCUT2D eigenvalue weighted by atomic mass is 10.1. The molecule has 10 heteroatoms. The number of ether oxygens (including phenoxy) is 1. The monoisotopic (exact) mass is 448 g/mol. The molecule has 0 fully saturated rings. The zero-order chi connectivity index (χ0) is 22.1. The minimum Gasteiger partial charge on any atom is -0.494 e. The molecule has 0 aliphatic heterocycles. The van der Waals surface area contributed by atoms with Gasteiger partial charge in [0.05, 0.1) is 35.5 Å². The second-order valence-electron chi connectivity index (χ2n) is 7.74. The van der Waals surface area contributed by atoms with Crippen molar-refractivity contribution in [3.05, 3.63) is 30.4 Å². The maximum atomic E-state index is 13.0. The van der Waals surface area contributed by atoms with E-state index in [4.69, 9.17) is 9.72 Å². The number of hydrogen-bond donors (Lipinski definition) is 0. The van der Waals surface area contributed by atoms with Crippen molar-refractivity contribution in [3.63, 3.8) is 0 Å². The normalized spacial score (nSPS) is 14.3. The van der Waals surface area contributed by atoms with Crippen LogP contribution in [0.2, 0.25) is 0 Å². The van der Waals surface area contributed by atoms with Crippen molar-refractivity contribution < 1.29 is 8.95 Å². The first-order valence-corrected chi connectivity index (χ1v) is 12.0. The molecule has 2 atom stereocenters. The summed E-state index contributed by atoms with van der Waals surface area (Å²) in [5.74, 6) is 0.620. The summed E-state index contributed by atoms with van der Waals surface area (Å²) in [6.07, 6.45) is 5.16. The lowest BCUT2D eigenvalue weighted by molar-refractivity contribution is 0.364. The maximum Gasteiger partial charge on any atom is 0.191 e. The summed E-state index contributed by atoms with van der Waals surface area (Å²) in [5, 5.41) is 4.96. The Kier molecular flexibility index (Phi) is 6.78. The highest BCUT2D eigenvalue weighted by atomic mass is 32.2. The molecule has 0 spiro atoms. The zero-order valence-electron chi connectivity index (χ0n) is 18.4. The van der Waals surface area contributed by atoms with Gasteiger partial charge in [0.15, 0.2) is 10.8 Å². The van der Waals surface area contributed by atoms with E-state index in [2.05, 4.69) is 15.1 Å². The summed E-state index contributed by atoms with van der Waals surface area (Å²) < 4.78 is 21.9. The number of thioether (sulfide) groups is 1. The van der Waals surface area contributed by atoms with Gasteiger partial charge in [-0.1, -0.05) is 18.7 Å². The highest BCUT2D eigenvalue weighted by Crippen LogP contribution is 2.34. The van der Waals surface area contributed by atoms with Gasteiger partial charge in [-0.2, -0.15) is 9.61 Å². The first-order valence-electron chi connectivity index (χ1n) is 9.69. The highest BCUT2D eigenvalue weighted by molar-refractivity contribution is 7.98. The van der Waals surface area contributed by atoms with Crippen molar-refractivity contribution in [1.29, 1.82) is 0 Å². The van der Waals surface area contributed by atoms with Crippen LogP contribution in [0, 0.1) is 0 Å². The Morgan fingerprint density at radius 2 is 2.03 bits per heavy atom. The van der Waals surface area contributed by atoms with Crippen molar-refractivity contribution in [2.75, 3.05) is 19.9 Å². The molecule has 3 rings (SSSR count). The summed E-state index contributed by atoms with van der Waals surface area (Å²) in [7, 11) is 0.452. The van der Waals surface area contributed by atoms with E-state index >= 15 is 0 Å². The third kappa shape index (κ3) is 4.35. The Labute approximate surface area is 184 Å². The van der Waals surface area contributed by atoms with Crippen molar-refractivity contribution in [1.82, 2.24) is 28.9 Å². The van der Waals surface area contributed by atoms with Gasteiger partial charge in [0, 0.05) is 18.2 Å². The van der Waals surface area contributed by atoms with Gasteiger partial charge in [-0.3, -0.25) is 4.98 Å². The number of rotatable bonds is 7. The van der Waals surface area contributed by atoms with Crippen LogP contribution in [0.3, 0.4) is 0 Å². The van der Waals surface area contributed by atoms with E-state index in [0.29, 0.717) is 17.9 Å². The largest absolute Gasteiger partial charge is 0.494 e. The zero-order valence-corrected chi connectivity index (χ0v) is 20.0. The minimum atomic E-state index is -1.16. The molecule has 0 bridgehead atoms. The minimum absolute atomic E-state index is 0.142. The second kappa shape index (κ2) is 8.99. The molecule has 0 radical (unpaired) electrons.